The highest BCUT2D eigenvalue weighted by Crippen LogP contribution is 2.49. The second-order valence-electron chi connectivity index (χ2n) is 5.55. The summed E-state index contributed by atoms with van der Waals surface area (Å²) in [4.78, 5) is 24.3. The van der Waals surface area contributed by atoms with Gasteiger partial charge in [0.15, 0.2) is 0 Å². The molecule has 0 radical (unpaired) electrons. The molecule has 2 atom stereocenters. The molecule has 1 aliphatic heterocycles. The van der Waals surface area contributed by atoms with E-state index in [-0.39, 0.29) is 12.3 Å². The standard InChI is InChI=1S/C16H18F3NO3/c1-4-23-14(22)8-12-11-7-9(2)5-6-13(11)20(10(3)21)15(12)16(17,18)19/h5-7,12,15H,4,8H2,1-3H3. The molecule has 0 saturated carbocycles. The number of hydrogen-bond acceptors (Lipinski definition) is 3. The highest BCUT2D eigenvalue weighted by Gasteiger charge is 2.55. The number of carbonyl (C=O) groups excluding carboxylic acids is 2. The van der Waals surface area contributed by atoms with Gasteiger partial charge in [-0.05, 0) is 25.5 Å². The van der Waals surface area contributed by atoms with E-state index in [0.717, 1.165) is 17.4 Å². The molecule has 2 unspecified atom stereocenters. The van der Waals surface area contributed by atoms with E-state index in [1.165, 1.54) is 6.07 Å². The highest BCUT2D eigenvalue weighted by atomic mass is 19.4. The summed E-state index contributed by atoms with van der Waals surface area (Å²) < 4.78 is 45.5. The van der Waals surface area contributed by atoms with Gasteiger partial charge in [0.2, 0.25) is 5.91 Å². The maximum Gasteiger partial charge on any atom is 0.409 e. The van der Waals surface area contributed by atoms with Crippen LogP contribution in [0.3, 0.4) is 0 Å². The first-order chi connectivity index (χ1) is 10.7. The summed E-state index contributed by atoms with van der Waals surface area (Å²) in [5.41, 5.74) is 1.33. The second-order valence-corrected chi connectivity index (χ2v) is 5.55. The Hall–Kier alpha value is -2.05. The van der Waals surface area contributed by atoms with E-state index in [4.69, 9.17) is 4.74 Å². The van der Waals surface area contributed by atoms with Crippen LogP contribution < -0.4 is 4.90 Å². The number of benzene rings is 1. The third kappa shape index (κ3) is 3.33. The molecule has 1 amide bonds. The van der Waals surface area contributed by atoms with Crippen LogP contribution in [0.1, 0.15) is 37.3 Å². The normalized spacial score (nSPS) is 20.3. The molecule has 0 spiro atoms. The molecule has 1 aliphatic rings. The Morgan fingerprint density at radius 2 is 1.96 bits per heavy atom. The van der Waals surface area contributed by atoms with Crippen molar-refractivity contribution in [2.75, 3.05) is 11.5 Å². The van der Waals surface area contributed by atoms with Crippen LogP contribution in [0.4, 0.5) is 18.9 Å². The predicted molar refractivity (Wildman–Crippen MR) is 78.2 cm³/mol. The van der Waals surface area contributed by atoms with Crippen LogP contribution >= 0.6 is 0 Å². The third-order valence-corrected chi connectivity index (χ3v) is 3.87. The van der Waals surface area contributed by atoms with Crippen LogP contribution in [0.25, 0.3) is 0 Å². The average molecular weight is 329 g/mol. The van der Waals surface area contributed by atoms with Crippen LogP contribution in [0, 0.1) is 6.92 Å². The van der Waals surface area contributed by atoms with Crippen molar-refractivity contribution < 1.29 is 27.5 Å². The Labute approximate surface area is 132 Å². The maximum atomic E-state index is 13.6. The Balaban J connectivity index is 2.53. The zero-order chi connectivity index (χ0) is 17.4. The van der Waals surface area contributed by atoms with Crippen molar-refractivity contribution in [2.45, 2.75) is 45.3 Å². The highest BCUT2D eigenvalue weighted by molar-refractivity contribution is 5.96. The molecule has 1 heterocycles. The first-order valence-corrected chi connectivity index (χ1v) is 7.29. The molecule has 0 N–H and O–H groups in total. The Morgan fingerprint density at radius 1 is 1.30 bits per heavy atom. The number of fused-ring (bicyclic) bond motifs is 1. The molecule has 23 heavy (non-hydrogen) atoms. The lowest BCUT2D eigenvalue weighted by atomic mass is 9.90. The van der Waals surface area contributed by atoms with Crippen molar-refractivity contribution in [1.29, 1.82) is 0 Å². The number of rotatable bonds is 3. The quantitative estimate of drug-likeness (QED) is 0.799. The smallest absolute Gasteiger partial charge is 0.409 e. The van der Waals surface area contributed by atoms with Crippen molar-refractivity contribution in [3.05, 3.63) is 29.3 Å². The number of anilines is 1. The van der Waals surface area contributed by atoms with E-state index in [1.54, 1.807) is 26.0 Å². The molecule has 7 heteroatoms. The van der Waals surface area contributed by atoms with Crippen LogP contribution in [0.15, 0.2) is 18.2 Å². The number of aryl methyl sites for hydroxylation is 1. The number of ether oxygens (including phenoxy) is 1. The van der Waals surface area contributed by atoms with Crippen LogP contribution in [0.2, 0.25) is 0 Å². The minimum absolute atomic E-state index is 0.0966. The van der Waals surface area contributed by atoms with Gasteiger partial charge < -0.3 is 4.74 Å². The topological polar surface area (TPSA) is 46.6 Å². The van der Waals surface area contributed by atoms with Gasteiger partial charge in [-0.2, -0.15) is 13.2 Å². The Bertz CT molecular complexity index is 627. The number of halogens is 3. The zero-order valence-electron chi connectivity index (χ0n) is 13.1. The fourth-order valence-electron chi connectivity index (χ4n) is 3.05. The minimum atomic E-state index is -4.64. The summed E-state index contributed by atoms with van der Waals surface area (Å²) in [6.45, 7) is 4.53. The van der Waals surface area contributed by atoms with Gasteiger partial charge in [0.05, 0.1) is 13.0 Å². The summed E-state index contributed by atoms with van der Waals surface area (Å²) in [5.74, 6) is -2.57. The molecule has 0 saturated heterocycles. The number of hydrogen-bond donors (Lipinski definition) is 0. The lowest BCUT2D eigenvalue weighted by Crippen LogP contribution is -2.48. The number of carbonyl (C=O) groups is 2. The van der Waals surface area contributed by atoms with Crippen LogP contribution in [0.5, 0.6) is 0 Å². The van der Waals surface area contributed by atoms with Gasteiger partial charge in [0.25, 0.3) is 0 Å². The van der Waals surface area contributed by atoms with Crippen LogP contribution in [-0.2, 0) is 14.3 Å². The van der Waals surface area contributed by atoms with Gasteiger partial charge in [0, 0.05) is 18.5 Å². The summed E-state index contributed by atoms with van der Waals surface area (Å²) >= 11 is 0. The van der Waals surface area contributed by atoms with Gasteiger partial charge in [-0.3, -0.25) is 14.5 Å². The number of esters is 1. The minimum Gasteiger partial charge on any atom is -0.466 e. The first kappa shape index (κ1) is 17.3. The van der Waals surface area contributed by atoms with Crippen molar-refractivity contribution in [3.63, 3.8) is 0 Å². The van der Waals surface area contributed by atoms with Gasteiger partial charge >= 0.3 is 12.1 Å². The van der Waals surface area contributed by atoms with Crippen molar-refractivity contribution in [3.8, 4) is 0 Å². The molecule has 2 rings (SSSR count). The molecule has 0 aliphatic carbocycles. The summed E-state index contributed by atoms with van der Waals surface area (Å²) in [6, 6.07) is 2.69. The molecule has 1 aromatic carbocycles. The molecule has 126 valence electrons. The fraction of sp³-hybridized carbons (Fsp3) is 0.500. The van der Waals surface area contributed by atoms with E-state index in [9.17, 15) is 22.8 Å². The third-order valence-electron chi connectivity index (χ3n) is 3.87. The van der Waals surface area contributed by atoms with E-state index in [2.05, 4.69) is 0 Å². The lowest BCUT2D eigenvalue weighted by Gasteiger charge is -2.29. The number of alkyl halides is 3. The van der Waals surface area contributed by atoms with Crippen molar-refractivity contribution in [1.82, 2.24) is 0 Å². The Kier molecular flexibility index (Phi) is 4.68. The molecule has 1 aromatic rings. The molecule has 4 nitrogen and oxygen atoms in total. The van der Waals surface area contributed by atoms with E-state index >= 15 is 0 Å². The van der Waals surface area contributed by atoms with Gasteiger partial charge in [-0.1, -0.05) is 17.7 Å². The van der Waals surface area contributed by atoms with E-state index < -0.39 is 36.4 Å². The van der Waals surface area contributed by atoms with Gasteiger partial charge in [-0.25, -0.2) is 0 Å². The number of nitrogens with zero attached hydrogens (tertiary/aromatic N) is 1. The van der Waals surface area contributed by atoms with Crippen molar-refractivity contribution >= 4 is 17.6 Å². The monoisotopic (exact) mass is 329 g/mol. The summed E-state index contributed by atoms with van der Waals surface area (Å²) in [6.07, 6.45) is -5.06. The maximum absolute atomic E-state index is 13.6. The molecule has 0 fully saturated rings. The Morgan fingerprint density at radius 3 is 2.48 bits per heavy atom. The molecular weight excluding hydrogens is 311 g/mol. The average Bonchev–Trinajstić information content (AvgIpc) is 2.73. The lowest BCUT2D eigenvalue weighted by molar-refractivity contribution is -0.160. The van der Waals surface area contributed by atoms with Crippen LogP contribution in [-0.4, -0.2) is 30.7 Å². The van der Waals surface area contributed by atoms with E-state index in [1.807, 2.05) is 0 Å². The largest absolute Gasteiger partial charge is 0.466 e. The SMILES string of the molecule is CCOC(=O)CC1c2cc(C)ccc2N(C(C)=O)C1C(F)(F)F. The van der Waals surface area contributed by atoms with Gasteiger partial charge in [0.1, 0.15) is 6.04 Å². The fourth-order valence-corrected chi connectivity index (χ4v) is 3.05. The summed E-state index contributed by atoms with van der Waals surface area (Å²) in [5, 5.41) is 0. The van der Waals surface area contributed by atoms with E-state index in [0.29, 0.717) is 5.56 Å². The molecular formula is C16H18F3NO3. The van der Waals surface area contributed by atoms with Crippen molar-refractivity contribution in [2.24, 2.45) is 0 Å². The van der Waals surface area contributed by atoms with Gasteiger partial charge in [-0.15, -0.1) is 0 Å². The number of amides is 1. The summed E-state index contributed by atoms with van der Waals surface area (Å²) in [7, 11) is 0. The molecule has 0 bridgehead atoms. The molecule has 0 aromatic heterocycles. The first-order valence-electron chi connectivity index (χ1n) is 7.29. The second kappa shape index (κ2) is 6.22. The predicted octanol–water partition coefficient (Wildman–Crippen LogP) is 3.33. The zero-order valence-corrected chi connectivity index (χ0v) is 13.1.